The minimum Gasteiger partial charge on any atom is -0.465 e. The zero-order valence-electron chi connectivity index (χ0n) is 14.3. The SMILES string of the molecule is CC(C)(C)C1(C)CN(c2cccc3cc[nH]c23)CCN1C(=O)O. The van der Waals surface area contributed by atoms with Crippen LogP contribution in [0.25, 0.3) is 10.9 Å². The number of aromatic nitrogens is 1. The van der Waals surface area contributed by atoms with Crippen molar-refractivity contribution >= 4 is 22.7 Å². The summed E-state index contributed by atoms with van der Waals surface area (Å²) in [5, 5.41) is 10.8. The molecule has 3 rings (SSSR count). The van der Waals surface area contributed by atoms with Crippen molar-refractivity contribution in [2.24, 2.45) is 5.41 Å². The van der Waals surface area contributed by atoms with Gasteiger partial charge in [-0.1, -0.05) is 32.9 Å². The molecule has 5 nitrogen and oxygen atoms in total. The van der Waals surface area contributed by atoms with Gasteiger partial charge in [-0.05, 0) is 24.5 Å². The quantitative estimate of drug-likeness (QED) is 0.842. The second kappa shape index (κ2) is 5.18. The first-order valence-corrected chi connectivity index (χ1v) is 8.06. The molecule has 2 heterocycles. The number of hydrogen-bond acceptors (Lipinski definition) is 2. The summed E-state index contributed by atoms with van der Waals surface area (Å²) in [5.41, 5.74) is 1.65. The summed E-state index contributed by atoms with van der Waals surface area (Å²) in [6.45, 7) is 10.3. The van der Waals surface area contributed by atoms with Crippen LogP contribution in [0, 0.1) is 5.41 Å². The van der Waals surface area contributed by atoms with Crippen LogP contribution < -0.4 is 4.90 Å². The number of hydrogen-bond donors (Lipinski definition) is 2. The fourth-order valence-corrected chi connectivity index (χ4v) is 3.49. The second-order valence-electron chi connectivity index (χ2n) is 7.60. The first kappa shape index (κ1) is 15.7. The first-order chi connectivity index (χ1) is 10.7. The van der Waals surface area contributed by atoms with Crippen molar-refractivity contribution in [2.75, 3.05) is 24.5 Å². The summed E-state index contributed by atoms with van der Waals surface area (Å²) in [6.07, 6.45) is 1.12. The van der Waals surface area contributed by atoms with E-state index >= 15 is 0 Å². The van der Waals surface area contributed by atoms with E-state index in [1.54, 1.807) is 4.90 Å². The molecular formula is C18H25N3O2. The molecule has 0 bridgehead atoms. The molecule has 124 valence electrons. The molecule has 1 aliphatic rings. The van der Waals surface area contributed by atoms with E-state index in [9.17, 15) is 9.90 Å². The zero-order chi connectivity index (χ0) is 16.8. The Balaban J connectivity index is 2.01. The smallest absolute Gasteiger partial charge is 0.407 e. The van der Waals surface area contributed by atoms with Gasteiger partial charge in [0.2, 0.25) is 0 Å². The molecule has 0 spiro atoms. The second-order valence-corrected chi connectivity index (χ2v) is 7.60. The predicted octanol–water partition coefficient (Wildman–Crippen LogP) is 3.77. The molecule has 1 fully saturated rings. The van der Waals surface area contributed by atoms with E-state index in [1.807, 2.05) is 6.20 Å². The van der Waals surface area contributed by atoms with Gasteiger partial charge in [-0.2, -0.15) is 0 Å². The zero-order valence-corrected chi connectivity index (χ0v) is 14.3. The van der Waals surface area contributed by atoms with Crippen LogP contribution in [0.1, 0.15) is 27.7 Å². The number of amides is 1. The first-order valence-electron chi connectivity index (χ1n) is 8.06. The molecule has 1 saturated heterocycles. The Kier molecular flexibility index (Phi) is 3.54. The van der Waals surface area contributed by atoms with Gasteiger partial charge in [-0.15, -0.1) is 0 Å². The number of nitrogens with zero attached hydrogens (tertiary/aromatic N) is 2. The Hall–Kier alpha value is -2.17. The van der Waals surface area contributed by atoms with E-state index in [0.29, 0.717) is 19.6 Å². The van der Waals surface area contributed by atoms with E-state index in [2.05, 4.69) is 61.8 Å². The van der Waals surface area contributed by atoms with E-state index < -0.39 is 11.6 Å². The van der Waals surface area contributed by atoms with Crippen molar-refractivity contribution in [2.45, 2.75) is 33.2 Å². The number of piperazine rings is 1. The lowest BCUT2D eigenvalue weighted by molar-refractivity contribution is 0.00752. The van der Waals surface area contributed by atoms with Gasteiger partial charge in [0.15, 0.2) is 0 Å². The maximum Gasteiger partial charge on any atom is 0.407 e. The van der Waals surface area contributed by atoms with E-state index in [4.69, 9.17) is 0 Å². The summed E-state index contributed by atoms with van der Waals surface area (Å²) < 4.78 is 0. The normalized spacial score (nSPS) is 22.6. The molecule has 1 aliphatic heterocycles. The number of fused-ring (bicyclic) bond motifs is 1. The minimum absolute atomic E-state index is 0.159. The Morgan fingerprint density at radius 2 is 2.00 bits per heavy atom. The van der Waals surface area contributed by atoms with Crippen LogP contribution in [0.3, 0.4) is 0 Å². The fraction of sp³-hybridized carbons (Fsp3) is 0.500. The molecule has 0 aliphatic carbocycles. The highest BCUT2D eigenvalue weighted by molar-refractivity contribution is 5.91. The van der Waals surface area contributed by atoms with Gasteiger partial charge in [0.05, 0.1) is 16.7 Å². The van der Waals surface area contributed by atoms with E-state index in [0.717, 1.165) is 11.2 Å². The van der Waals surface area contributed by atoms with Gasteiger partial charge < -0.3 is 15.0 Å². The highest BCUT2D eigenvalue weighted by atomic mass is 16.4. The number of H-pyrrole nitrogens is 1. The average molecular weight is 315 g/mol. The van der Waals surface area contributed by atoms with Gasteiger partial charge in [0.25, 0.3) is 0 Å². The standard InChI is InChI=1S/C18H25N3O2/c1-17(2,3)18(4)12-20(10-11-21(18)16(22)23)14-7-5-6-13-8-9-19-15(13)14/h5-9,19H,10-12H2,1-4H3,(H,22,23). The highest BCUT2D eigenvalue weighted by Gasteiger charge is 2.48. The van der Waals surface area contributed by atoms with Gasteiger partial charge in [-0.3, -0.25) is 4.90 Å². The third-order valence-electron chi connectivity index (χ3n) is 5.44. The van der Waals surface area contributed by atoms with Crippen LogP contribution in [0.4, 0.5) is 10.5 Å². The number of para-hydroxylation sites is 1. The van der Waals surface area contributed by atoms with Crippen molar-refractivity contribution in [3.8, 4) is 0 Å². The lowest BCUT2D eigenvalue weighted by atomic mass is 9.72. The summed E-state index contributed by atoms with van der Waals surface area (Å²) in [4.78, 5) is 19.0. The maximum atomic E-state index is 11.7. The third kappa shape index (κ3) is 2.44. The molecule has 1 amide bonds. The Morgan fingerprint density at radius 1 is 1.26 bits per heavy atom. The van der Waals surface area contributed by atoms with Crippen molar-refractivity contribution in [1.29, 1.82) is 0 Å². The molecule has 1 aromatic heterocycles. The van der Waals surface area contributed by atoms with Crippen molar-refractivity contribution in [3.63, 3.8) is 0 Å². The highest BCUT2D eigenvalue weighted by Crippen LogP contribution is 2.40. The molecule has 5 heteroatoms. The molecule has 0 saturated carbocycles. The summed E-state index contributed by atoms with van der Waals surface area (Å²) in [5.74, 6) is 0. The van der Waals surface area contributed by atoms with Gasteiger partial charge in [-0.25, -0.2) is 4.79 Å². The molecular weight excluding hydrogens is 290 g/mol. The van der Waals surface area contributed by atoms with E-state index in [1.165, 1.54) is 5.39 Å². The number of carboxylic acid groups (broad SMARTS) is 1. The summed E-state index contributed by atoms with van der Waals surface area (Å²) >= 11 is 0. The van der Waals surface area contributed by atoms with Crippen molar-refractivity contribution in [1.82, 2.24) is 9.88 Å². The monoisotopic (exact) mass is 315 g/mol. The average Bonchev–Trinajstić information content (AvgIpc) is 2.93. The van der Waals surface area contributed by atoms with Crippen LogP contribution in [-0.4, -0.2) is 46.3 Å². The van der Waals surface area contributed by atoms with E-state index in [-0.39, 0.29) is 5.41 Å². The largest absolute Gasteiger partial charge is 0.465 e. The maximum absolute atomic E-state index is 11.7. The topological polar surface area (TPSA) is 59.6 Å². The number of anilines is 1. The fourth-order valence-electron chi connectivity index (χ4n) is 3.49. The number of aromatic amines is 1. The molecule has 2 aromatic rings. The van der Waals surface area contributed by atoms with Crippen LogP contribution >= 0.6 is 0 Å². The van der Waals surface area contributed by atoms with Crippen molar-refractivity contribution in [3.05, 3.63) is 30.5 Å². The predicted molar refractivity (Wildman–Crippen MR) is 93.1 cm³/mol. The Bertz CT molecular complexity index is 731. The van der Waals surface area contributed by atoms with Crippen LogP contribution in [0.5, 0.6) is 0 Å². The van der Waals surface area contributed by atoms with Gasteiger partial charge in [0, 0.05) is 31.2 Å². The minimum atomic E-state index is -0.833. The number of rotatable bonds is 1. The molecule has 1 atom stereocenters. The lowest BCUT2D eigenvalue weighted by Crippen LogP contribution is -2.67. The molecule has 0 radical (unpaired) electrons. The summed E-state index contributed by atoms with van der Waals surface area (Å²) in [7, 11) is 0. The van der Waals surface area contributed by atoms with Gasteiger partial charge >= 0.3 is 6.09 Å². The molecule has 1 aromatic carbocycles. The lowest BCUT2D eigenvalue weighted by Gasteiger charge is -2.54. The number of nitrogens with one attached hydrogen (secondary N) is 1. The number of carbonyl (C=O) groups is 1. The molecule has 1 unspecified atom stereocenters. The van der Waals surface area contributed by atoms with Crippen LogP contribution in [0.15, 0.2) is 30.5 Å². The Morgan fingerprint density at radius 3 is 2.65 bits per heavy atom. The van der Waals surface area contributed by atoms with Crippen LogP contribution in [-0.2, 0) is 0 Å². The number of benzene rings is 1. The van der Waals surface area contributed by atoms with Crippen LogP contribution in [0.2, 0.25) is 0 Å². The Labute approximate surface area is 136 Å². The molecule has 23 heavy (non-hydrogen) atoms. The van der Waals surface area contributed by atoms with Gasteiger partial charge in [0.1, 0.15) is 0 Å². The van der Waals surface area contributed by atoms with Crippen molar-refractivity contribution < 1.29 is 9.90 Å². The molecule has 2 N–H and O–H groups in total. The summed E-state index contributed by atoms with van der Waals surface area (Å²) in [6, 6.07) is 8.32. The third-order valence-corrected chi connectivity index (χ3v) is 5.44.